The summed E-state index contributed by atoms with van der Waals surface area (Å²) in [5.74, 6) is -0.283. The van der Waals surface area contributed by atoms with Gasteiger partial charge in [-0.3, -0.25) is 4.79 Å². The fourth-order valence-electron chi connectivity index (χ4n) is 2.44. The Hall–Kier alpha value is -2.45. The monoisotopic (exact) mass is 418 g/mol. The minimum absolute atomic E-state index is 0.0871. The molecule has 3 rings (SSSR count). The first-order valence-corrected chi connectivity index (χ1v) is 9.10. The predicted octanol–water partition coefficient (Wildman–Crippen LogP) is 3.67. The van der Waals surface area contributed by atoms with Crippen LogP contribution in [0.1, 0.15) is 27.9 Å². The first kappa shape index (κ1) is 17.4. The zero-order valence-electron chi connectivity index (χ0n) is 13.3. The van der Waals surface area contributed by atoms with Crippen LogP contribution in [-0.4, -0.2) is 22.2 Å². The predicted molar refractivity (Wildman–Crippen MR) is 104 cm³/mol. The van der Waals surface area contributed by atoms with E-state index in [4.69, 9.17) is 5.73 Å². The van der Waals surface area contributed by atoms with Crippen molar-refractivity contribution in [2.75, 3.05) is 5.73 Å². The number of phenolic OH excluding ortho intramolecular Hbond substituents is 1. The van der Waals surface area contributed by atoms with Gasteiger partial charge in [-0.2, -0.15) is 5.10 Å². The third kappa shape index (κ3) is 3.64. The van der Waals surface area contributed by atoms with Crippen LogP contribution in [0, 0.1) is 0 Å². The van der Waals surface area contributed by atoms with Gasteiger partial charge >= 0.3 is 0 Å². The summed E-state index contributed by atoms with van der Waals surface area (Å²) >= 11 is 4.55. The summed E-state index contributed by atoms with van der Waals surface area (Å²) in [5.41, 5.74) is 9.30. The standard InChI is InChI=1S/C17H15BrN4O2S/c1-2-13-15(25-17(19)21-13)16(24)22-20-8-12-11-5-4-10(18)7-9(11)3-6-14(12)23/h3-8,23H,2H2,1H3,(H2,19,21)(H,22,24)/b20-8-. The maximum absolute atomic E-state index is 12.2. The number of benzene rings is 2. The van der Waals surface area contributed by atoms with Gasteiger partial charge in [-0.1, -0.05) is 46.3 Å². The van der Waals surface area contributed by atoms with E-state index in [1.54, 1.807) is 6.07 Å². The Bertz CT molecular complexity index is 984. The SMILES string of the molecule is CCc1nc(N)sc1C(=O)N/N=C\c1c(O)ccc2cc(Br)ccc12. The molecule has 0 atom stereocenters. The number of aromatic hydroxyl groups is 1. The number of carbonyl (C=O) groups is 1. The number of phenols is 1. The smallest absolute Gasteiger partial charge is 0.283 e. The van der Waals surface area contributed by atoms with Gasteiger partial charge in [0.15, 0.2) is 5.13 Å². The second-order valence-corrected chi connectivity index (χ2v) is 7.19. The van der Waals surface area contributed by atoms with Gasteiger partial charge in [0, 0.05) is 10.0 Å². The first-order chi connectivity index (χ1) is 12.0. The number of aromatic nitrogens is 1. The Labute approximate surface area is 156 Å². The molecule has 0 saturated carbocycles. The molecule has 0 radical (unpaired) electrons. The average Bonchev–Trinajstić information content (AvgIpc) is 2.97. The van der Waals surface area contributed by atoms with Gasteiger partial charge < -0.3 is 10.8 Å². The Kier molecular flexibility index (Phi) is 5.00. The van der Waals surface area contributed by atoms with Crippen molar-refractivity contribution >= 4 is 55.3 Å². The number of nitrogen functional groups attached to an aromatic ring is 1. The van der Waals surface area contributed by atoms with Gasteiger partial charge in [0.25, 0.3) is 5.91 Å². The second-order valence-electron chi connectivity index (χ2n) is 5.24. The maximum Gasteiger partial charge on any atom is 0.283 e. The van der Waals surface area contributed by atoms with Crippen molar-refractivity contribution in [3.63, 3.8) is 0 Å². The molecule has 0 saturated heterocycles. The molecule has 0 fully saturated rings. The van der Waals surface area contributed by atoms with Crippen LogP contribution in [-0.2, 0) is 6.42 Å². The lowest BCUT2D eigenvalue weighted by Gasteiger charge is -2.05. The number of hydrogen-bond donors (Lipinski definition) is 3. The molecule has 25 heavy (non-hydrogen) atoms. The molecule has 0 aliphatic heterocycles. The van der Waals surface area contributed by atoms with E-state index in [0.717, 1.165) is 26.6 Å². The lowest BCUT2D eigenvalue weighted by molar-refractivity contribution is 0.0958. The highest BCUT2D eigenvalue weighted by molar-refractivity contribution is 9.10. The minimum Gasteiger partial charge on any atom is -0.507 e. The van der Waals surface area contributed by atoms with E-state index in [2.05, 4.69) is 31.4 Å². The quantitative estimate of drug-likeness (QED) is 0.444. The number of amides is 1. The van der Waals surface area contributed by atoms with Crippen LogP contribution in [0.25, 0.3) is 10.8 Å². The van der Waals surface area contributed by atoms with Crippen LogP contribution in [0.15, 0.2) is 39.9 Å². The number of thiazole rings is 1. The highest BCUT2D eigenvalue weighted by Crippen LogP contribution is 2.28. The van der Waals surface area contributed by atoms with Crippen LogP contribution in [0.3, 0.4) is 0 Å². The fourth-order valence-corrected chi connectivity index (χ4v) is 3.63. The number of nitrogens with two attached hydrogens (primary N) is 1. The molecule has 3 aromatic rings. The van der Waals surface area contributed by atoms with Crippen LogP contribution in [0.2, 0.25) is 0 Å². The number of hydrogen-bond acceptors (Lipinski definition) is 6. The number of carbonyl (C=O) groups excluding carboxylic acids is 1. The topological polar surface area (TPSA) is 101 Å². The number of aryl methyl sites for hydroxylation is 1. The number of fused-ring (bicyclic) bond motifs is 1. The van der Waals surface area contributed by atoms with Gasteiger partial charge in [-0.15, -0.1) is 0 Å². The van der Waals surface area contributed by atoms with E-state index in [1.807, 2.05) is 31.2 Å². The molecule has 6 nitrogen and oxygen atoms in total. The third-order valence-electron chi connectivity index (χ3n) is 3.62. The Morgan fingerprint density at radius 1 is 1.44 bits per heavy atom. The molecule has 2 aromatic carbocycles. The molecular weight excluding hydrogens is 404 g/mol. The van der Waals surface area contributed by atoms with E-state index in [9.17, 15) is 9.90 Å². The molecule has 8 heteroatoms. The van der Waals surface area contributed by atoms with E-state index in [-0.39, 0.29) is 11.7 Å². The first-order valence-electron chi connectivity index (χ1n) is 7.49. The van der Waals surface area contributed by atoms with Gasteiger partial charge in [-0.05, 0) is 35.4 Å². The lowest BCUT2D eigenvalue weighted by Crippen LogP contribution is -2.17. The summed E-state index contributed by atoms with van der Waals surface area (Å²) in [6.45, 7) is 1.90. The normalized spacial score (nSPS) is 11.3. The number of nitrogens with zero attached hydrogens (tertiary/aromatic N) is 2. The molecule has 0 bridgehead atoms. The Morgan fingerprint density at radius 3 is 3.00 bits per heavy atom. The van der Waals surface area contributed by atoms with E-state index >= 15 is 0 Å². The number of halogens is 1. The molecule has 0 aliphatic carbocycles. The van der Waals surface area contributed by atoms with Crippen molar-refractivity contribution in [2.45, 2.75) is 13.3 Å². The van der Waals surface area contributed by atoms with Gasteiger partial charge in [0.1, 0.15) is 10.6 Å². The summed E-state index contributed by atoms with van der Waals surface area (Å²) in [6.07, 6.45) is 2.04. The van der Waals surface area contributed by atoms with Crippen LogP contribution < -0.4 is 11.2 Å². The summed E-state index contributed by atoms with van der Waals surface area (Å²) < 4.78 is 0.941. The van der Waals surface area contributed by atoms with Gasteiger partial charge in [0.2, 0.25) is 0 Å². The molecule has 1 amide bonds. The van der Waals surface area contributed by atoms with Crippen molar-refractivity contribution in [2.24, 2.45) is 5.10 Å². The minimum atomic E-state index is -0.371. The molecule has 128 valence electrons. The molecule has 0 aliphatic rings. The molecule has 1 heterocycles. The van der Waals surface area contributed by atoms with Crippen molar-refractivity contribution in [3.05, 3.63) is 50.9 Å². The summed E-state index contributed by atoms with van der Waals surface area (Å²) in [5, 5.41) is 16.2. The average molecular weight is 419 g/mol. The molecule has 0 unspecified atom stereocenters. The summed E-state index contributed by atoms with van der Waals surface area (Å²) in [7, 11) is 0. The number of rotatable bonds is 4. The number of anilines is 1. The summed E-state index contributed by atoms with van der Waals surface area (Å²) in [6, 6.07) is 9.11. The van der Waals surface area contributed by atoms with Crippen molar-refractivity contribution in [1.29, 1.82) is 0 Å². The zero-order chi connectivity index (χ0) is 18.0. The van der Waals surface area contributed by atoms with E-state index in [1.165, 1.54) is 6.21 Å². The largest absolute Gasteiger partial charge is 0.507 e. The number of hydrazone groups is 1. The number of nitrogens with one attached hydrogen (secondary N) is 1. The van der Waals surface area contributed by atoms with Crippen molar-refractivity contribution < 1.29 is 9.90 Å². The molecule has 1 aromatic heterocycles. The molecule has 4 N–H and O–H groups in total. The van der Waals surface area contributed by atoms with Crippen LogP contribution in [0.5, 0.6) is 5.75 Å². The van der Waals surface area contributed by atoms with Crippen LogP contribution in [0.4, 0.5) is 5.13 Å². The molecule has 0 spiro atoms. The highest BCUT2D eigenvalue weighted by atomic mass is 79.9. The molecular formula is C17H15BrN4O2S. The Morgan fingerprint density at radius 2 is 2.24 bits per heavy atom. The lowest BCUT2D eigenvalue weighted by atomic mass is 10.0. The second kappa shape index (κ2) is 7.20. The summed E-state index contributed by atoms with van der Waals surface area (Å²) in [4.78, 5) is 16.8. The van der Waals surface area contributed by atoms with Crippen molar-refractivity contribution in [1.82, 2.24) is 10.4 Å². The Balaban J connectivity index is 1.86. The van der Waals surface area contributed by atoms with Gasteiger partial charge in [0.05, 0.1) is 11.9 Å². The zero-order valence-corrected chi connectivity index (χ0v) is 15.7. The highest BCUT2D eigenvalue weighted by Gasteiger charge is 2.15. The van der Waals surface area contributed by atoms with E-state index in [0.29, 0.717) is 27.7 Å². The third-order valence-corrected chi connectivity index (χ3v) is 5.03. The van der Waals surface area contributed by atoms with Gasteiger partial charge in [-0.25, -0.2) is 10.4 Å². The van der Waals surface area contributed by atoms with Crippen molar-refractivity contribution in [3.8, 4) is 5.75 Å². The fraction of sp³-hybridized carbons (Fsp3) is 0.118. The maximum atomic E-state index is 12.2. The van der Waals surface area contributed by atoms with E-state index < -0.39 is 0 Å². The van der Waals surface area contributed by atoms with Crippen LogP contribution >= 0.6 is 27.3 Å².